The molecular weight excluding hydrogens is 559 g/mol. The van der Waals surface area contributed by atoms with Crippen molar-refractivity contribution in [3.63, 3.8) is 0 Å². The van der Waals surface area contributed by atoms with Crippen molar-refractivity contribution in [2.24, 2.45) is 13.0 Å². The van der Waals surface area contributed by atoms with Gasteiger partial charge in [-0.25, -0.2) is 26.9 Å². The molecule has 2 amide bonds. The smallest absolute Gasteiger partial charge is 0.261 e. The number of aryl methyl sites for hydroxylation is 1. The van der Waals surface area contributed by atoms with Crippen LogP contribution >= 0.6 is 11.6 Å². The Morgan fingerprint density at radius 2 is 1.88 bits per heavy atom. The van der Waals surface area contributed by atoms with Crippen molar-refractivity contribution in [1.29, 1.82) is 0 Å². The number of hydrogen-bond donors (Lipinski definition) is 1. The molecule has 0 radical (unpaired) electrons. The second-order valence-electron chi connectivity index (χ2n) is 10.6. The Morgan fingerprint density at radius 1 is 1.18 bits per heavy atom. The minimum atomic E-state index is -2.99. The van der Waals surface area contributed by atoms with Crippen LogP contribution in [0, 0.1) is 23.4 Å². The molecule has 2 fully saturated rings. The molecule has 2 atom stereocenters. The lowest BCUT2D eigenvalue weighted by atomic mass is 9.71. The fraction of sp³-hybridized carbons (Fsp3) is 0.385. The third-order valence-corrected chi connectivity index (χ3v) is 8.04. The first-order valence-corrected chi connectivity index (χ1v) is 12.8. The Kier molecular flexibility index (Phi) is 5.88. The Labute approximate surface area is 229 Å². The lowest BCUT2D eigenvalue weighted by Crippen LogP contribution is -2.58. The lowest BCUT2D eigenvalue weighted by molar-refractivity contribution is -0.138. The number of pyridine rings is 1. The van der Waals surface area contributed by atoms with Crippen molar-refractivity contribution in [3.8, 4) is 0 Å². The van der Waals surface area contributed by atoms with E-state index in [9.17, 15) is 22.8 Å². The number of alkyl halides is 2. The predicted octanol–water partition coefficient (Wildman–Crippen LogP) is 4.13. The van der Waals surface area contributed by atoms with Gasteiger partial charge in [-0.2, -0.15) is 5.10 Å². The highest BCUT2D eigenvalue weighted by Gasteiger charge is 2.63. The average molecular weight is 581 g/mol. The second kappa shape index (κ2) is 8.88. The molecule has 1 saturated carbocycles. The van der Waals surface area contributed by atoms with Gasteiger partial charge in [0.15, 0.2) is 23.3 Å². The molecule has 40 heavy (non-hydrogen) atoms. The number of hydrogen-bond acceptors (Lipinski definition) is 5. The number of benzene rings is 1. The fourth-order valence-corrected chi connectivity index (χ4v) is 5.67. The minimum Gasteiger partial charge on any atom is -0.361 e. The van der Waals surface area contributed by atoms with E-state index in [-0.39, 0.29) is 53.0 Å². The van der Waals surface area contributed by atoms with E-state index in [0.29, 0.717) is 0 Å². The number of amides is 2. The lowest BCUT2D eigenvalue weighted by Gasteiger charge is -2.42. The van der Waals surface area contributed by atoms with Crippen LogP contribution < -0.4 is 10.2 Å². The van der Waals surface area contributed by atoms with Crippen molar-refractivity contribution in [1.82, 2.24) is 19.7 Å². The average Bonchev–Trinajstić information content (AvgIpc) is 3.38. The van der Waals surface area contributed by atoms with Gasteiger partial charge in [0.2, 0.25) is 5.91 Å². The van der Waals surface area contributed by atoms with Crippen molar-refractivity contribution in [3.05, 3.63) is 69.8 Å². The Balaban J connectivity index is 1.37. The molecule has 1 aromatic carbocycles. The number of anilines is 2. The first-order chi connectivity index (χ1) is 18.8. The third kappa shape index (κ3) is 4.01. The number of rotatable bonds is 5. The maximum absolute atomic E-state index is 16.2. The molecule has 2 aromatic heterocycles. The Morgan fingerprint density at radius 3 is 2.50 bits per heavy atom. The van der Waals surface area contributed by atoms with Crippen LogP contribution in [0.2, 0.25) is 5.02 Å². The summed E-state index contributed by atoms with van der Waals surface area (Å²) < 4.78 is 74.1. The molecule has 2 aliphatic heterocycles. The molecule has 6 rings (SSSR count). The van der Waals surface area contributed by atoms with Crippen molar-refractivity contribution in [2.75, 3.05) is 29.9 Å². The van der Waals surface area contributed by atoms with E-state index in [0.717, 1.165) is 17.3 Å². The van der Waals surface area contributed by atoms with Crippen LogP contribution in [0.5, 0.6) is 0 Å². The molecule has 4 heterocycles. The zero-order valence-corrected chi connectivity index (χ0v) is 21.9. The number of likely N-dealkylation sites (tertiary alicyclic amines) is 1. The van der Waals surface area contributed by atoms with Crippen LogP contribution in [-0.2, 0) is 17.3 Å². The molecule has 1 saturated heterocycles. The summed E-state index contributed by atoms with van der Waals surface area (Å²) in [6.45, 7) is 1.27. The molecule has 3 aromatic rings. The zero-order valence-electron chi connectivity index (χ0n) is 21.2. The summed E-state index contributed by atoms with van der Waals surface area (Å²) in [6.07, 6.45) is 1.70. The monoisotopic (exact) mass is 580 g/mol. The highest BCUT2D eigenvalue weighted by atomic mass is 35.5. The van der Waals surface area contributed by atoms with E-state index in [4.69, 9.17) is 11.6 Å². The highest BCUT2D eigenvalue weighted by Crippen LogP contribution is 2.50. The molecule has 8 nitrogen and oxygen atoms in total. The molecule has 1 aliphatic carbocycles. The molecular formula is C26H22ClF5N6O2. The maximum atomic E-state index is 16.2. The van der Waals surface area contributed by atoms with Crippen molar-refractivity contribution >= 4 is 35.1 Å². The van der Waals surface area contributed by atoms with Crippen molar-refractivity contribution < 1.29 is 31.5 Å². The minimum absolute atomic E-state index is 0.0306. The summed E-state index contributed by atoms with van der Waals surface area (Å²) in [5, 5.41) is 6.66. The largest absolute Gasteiger partial charge is 0.361 e. The SMILES string of the molecule is Cn1cc(F)c(N2C[C@](C)(c3cccc(Cl)c3F)c3c(cnc(NC4CN(C(=O)[C@@H]5CC5(F)F)C4)c3F)C2=O)n1. The van der Waals surface area contributed by atoms with E-state index in [1.54, 1.807) is 0 Å². The number of carbonyl (C=O) groups is 2. The summed E-state index contributed by atoms with van der Waals surface area (Å²) in [4.78, 5) is 32.0. The van der Waals surface area contributed by atoms with Gasteiger partial charge in [0.05, 0.1) is 22.8 Å². The van der Waals surface area contributed by atoms with Crippen molar-refractivity contribution in [2.45, 2.75) is 30.7 Å². The van der Waals surface area contributed by atoms with Crippen LogP contribution in [-0.4, -0.2) is 63.1 Å². The summed E-state index contributed by atoms with van der Waals surface area (Å²) in [7, 11) is 1.47. The van der Waals surface area contributed by atoms with Crippen LogP contribution in [0.4, 0.5) is 33.6 Å². The van der Waals surface area contributed by atoms with Crippen LogP contribution in [0.1, 0.15) is 34.8 Å². The summed E-state index contributed by atoms with van der Waals surface area (Å²) in [5.41, 5.74) is -1.99. The van der Waals surface area contributed by atoms with E-state index in [1.807, 2.05) is 0 Å². The number of nitrogens with zero attached hydrogens (tertiary/aromatic N) is 5. The van der Waals surface area contributed by atoms with Gasteiger partial charge in [-0.3, -0.25) is 19.2 Å². The fourth-order valence-electron chi connectivity index (χ4n) is 5.50. The second-order valence-corrected chi connectivity index (χ2v) is 11.0. The zero-order chi connectivity index (χ0) is 28.7. The van der Waals surface area contributed by atoms with Gasteiger partial charge in [0.1, 0.15) is 11.7 Å². The third-order valence-electron chi connectivity index (χ3n) is 7.75. The van der Waals surface area contributed by atoms with Gasteiger partial charge < -0.3 is 10.2 Å². The molecule has 0 bridgehead atoms. The number of aromatic nitrogens is 3. The number of halogens is 6. The number of nitrogens with one attached hydrogen (secondary N) is 1. The maximum Gasteiger partial charge on any atom is 0.261 e. The Bertz CT molecular complexity index is 1580. The number of fused-ring (bicyclic) bond motifs is 1. The van der Waals surface area contributed by atoms with Gasteiger partial charge in [0.25, 0.3) is 11.8 Å². The topological polar surface area (TPSA) is 83.4 Å². The van der Waals surface area contributed by atoms with E-state index >= 15 is 8.78 Å². The predicted molar refractivity (Wildman–Crippen MR) is 134 cm³/mol. The standard InChI is InChI=1S/C26H22ClF5N6O2/c1-25(14-4-3-5-16(27)19(14)29)11-38(22-17(28)10-36(2)35-22)23(39)13-7-33-21(20(30)18(13)25)34-12-8-37(9-12)24(40)15-6-26(15,31)32/h3-5,7,10,12,15H,6,8-9,11H2,1-2H3,(H,33,34)/t15-,25+/m0/s1. The molecule has 0 unspecified atom stereocenters. The van der Waals surface area contributed by atoms with Crippen LogP contribution in [0.15, 0.2) is 30.6 Å². The molecule has 1 N–H and O–H groups in total. The first-order valence-electron chi connectivity index (χ1n) is 12.4. The summed E-state index contributed by atoms with van der Waals surface area (Å²) in [6, 6.07) is 3.73. The number of carbonyl (C=O) groups excluding carboxylic acids is 2. The summed E-state index contributed by atoms with van der Waals surface area (Å²) >= 11 is 6.05. The van der Waals surface area contributed by atoms with E-state index in [1.165, 1.54) is 41.8 Å². The van der Waals surface area contributed by atoms with Gasteiger partial charge in [0, 0.05) is 55.8 Å². The van der Waals surface area contributed by atoms with Gasteiger partial charge in [-0.05, 0) is 13.0 Å². The van der Waals surface area contributed by atoms with Crippen LogP contribution in [0.3, 0.4) is 0 Å². The van der Waals surface area contributed by atoms with E-state index in [2.05, 4.69) is 15.4 Å². The molecule has 210 valence electrons. The first kappa shape index (κ1) is 26.5. The Hall–Kier alpha value is -3.74. The van der Waals surface area contributed by atoms with E-state index < -0.39 is 59.0 Å². The van der Waals surface area contributed by atoms with Gasteiger partial charge in [-0.15, -0.1) is 0 Å². The normalized spacial score (nSPS) is 23.6. The molecule has 14 heteroatoms. The summed E-state index contributed by atoms with van der Waals surface area (Å²) in [5.74, 6) is -8.88. The molecule has 0 spiro atoms. The van der Waals surface area contributed by atoms with Gasteiger partial charge >= 0.3 is 0 Å². The highest BCUT2D eigenvalue weighted by molar-refractivity contribution is 6.30. The molecule has 3 aliphatic rings. The van der Waals surface area contributed by atoms with Gasteiger partial charge in [-0.1, -0.05) is 23.7 Å². The van der Waals surface area contributed by atoms with Crippen LogP contribution in [0.25, 0.3) is 0 Å². The quantitative estimate of drug-likeness (QED) is 0.459.